The number of imide groups is 1. The molecule has 5 heteroatoms. The largest absolute Gasteiger partial charge is 0.489 e. The number of hydrogen-bond donors (Lipinski definition) is 1. The van der Waals surface area contributed by atoms with E-state index < -0.39 is 12.1 Å². The van der Waals surface area contributed by atoms with Crippen LogP contribution >= 0.6 is 0 Å². The first-order valence-electron chi connectivity index (χ1n) is 9.77. The first-order valence-corrected chi connectivity index (χ1v) is 9.77. The number of aliphatic hydroxyl groups excluding tert-OH is 1. The number of ether oxygens (including phenoxy) is 1. The van der Waals surface area contributed by atoms with Crippen molar-refractivity contribution in [3.8, 4) is 5.75 Å². The van der Waals surface area contributed by atoms with Crippen molar-refractivity contribution >= 4 is 17.9 Å². The number of benzene rings is 3. The molecule has 3 aromatic carbocycles. The van der Waals surface area contributed by atoms with Crippen LogP contribution in [0.15, 0.2) is 78.9 Å². The van der Waals surface area contributed by atoms with Gasteiger partial charge in [-0.05, 0) is 41.0 Å². The molecule has 2 aliphatic rings. The van der Waals surface area contributed by atoms with Crippen molar-refractivity contribution < 1.29 is 19.4 Å². The van der Waals surface area contributed by atoms with Gasteiger partial charge in [-0.25, -0.2) is 0 Å². The fourth-order valence-electron chi connectivity index (χ4n) is 3.99. The second kappa shape index (κ2) is 7.28. The third kappa shape index (κ3) is 3.00. The van der Waals surface area contributed by atoms with Gasteiger partial charge in [-0.15, -0.1) is 0 Å². The highest BCUT2D eigenvalue weighted by Crippen LogP contribution is 2.36. The highest BCUT2D eigenvalue weighted by atomic mass is 16.5. The summed E-state index contributed by atoms with van der Waals surface area (Å²) in [6, 6.07) is 21.3. The molecular weight excluding hydrogens is 378 g/mol. The topological polar surface area (TPSA) is 66.8 Å². The van der Waals surface area contributed by atoms with Gasteiger partial charge in [0.2, 0.25) is 0 Å². The molecule has 0 saturated heterocycles. The van der Waals surface area contributed by atoms with Crippen LogP contribution in [0.3, 0.4) is 0 Å². The molecule has 2 atom stereocenters. The lowest BCUT2D eigenvalue weighted by Gasteiger charge is -2.31. The molecule has 0 saturated carbocycles. The Morgan fingerprint density at radius 2 is 1.53 bits per heavy atom. The summed E-state index contributed by atoms with van der Waals surface area (Å²) in [4.78, 5) is 26.7. The quantitative estimate of drug-likeness (QED) is 0.676. The maximum atomic E-state index is 12.8. The van der Waals surface area contributed by atoms with Gasteiger partial charge >= 0.3 is 0 Å². The summed E-state index contributed by atoms with van der Waals surface area (Å²) >= 11 is 0. The fourth-order valence-corrected chi connectivity index (χ4v) is 3.99. The third-order valence-corrected chi connectivity index (χ3v) is 5.55. The van der Waals surface area contributed by atoms with Crippen LogP contribution in [0.1, 0.15) is 43.5 Å². The molecule has 30 heavy (non-hydrogen) atoms. The van der Waals surface area contributed by atoms with E-state index in [-0.39, 0.29) is 11.8 Å². The predicted molar refractivity (Wildman–Crippen MR) is 112 cm³/mol. The number of rotatable bonds is 4. The molecule has 2 amide bonds. The summed E-state index contributed by atoms with van der Waals surface area (Å²) in [5, 5.41) is 11.0. The molecule has 0 aromatic heterocycles. The highest BCUT2D eigenvalue weighted by molar-refractivity contribution is 6.21. The minimum atomic E-state index is -1.00. The van der Waals surface area contributed by atoms with Gasteiger partial charge < -0.3 is 9.84 Å². The zero-order valence-corrected chi connectivity index (χ0v) is 16.1. The molecule has 0 radical (unpaired) electrons. The number of hydrogen-bond acceptors (Lipinski definition) is 4. The van der Waals surface area contributed by atoms with E-state index in [1.54, 1.807) is 42.5 Å². The van der Waals surface area contributed by atoms with Gasteiger partial charge in [0.1, 0.15) is 18.5 Å². The normalized spacial score (nSPS) is 19.6. The first kappa shape index (κ1) is 18.3. The van der Waals surface area contributed by atoms with Gasteiger partial charge in [0, 0.05) is 0 Å². The van der Waals surface area contributed by atoms with E-state index in [9.17, 15) is 14.7 Å². The maximum Gasteiger partial charge on any atom is 0.262 e. The summed E-state index contributed by atoms with van der Waals surface area (Å²) < 4.78 is 5.86. The molecule has 5 rings (SSSR count). The maximum absolute atomic E-state index is 12.8. The number of carbonyl (C=O) groups excluding carboxylic acids is 2. The molecule has 0 spiro atoms. The van der Waals surface area contributed by atoms with Crippen molar-refractivity contribution in [2.75, 3.05) is 0 Å². The van der Waals surface area contributed by atoms with Crippen molar-refractivity contribution in [1.82, 2.24) is 4.90 Å². The van der Waals surface area contributed by atoms with Crippen molar-refractivity contribution in [1.29, 1.82) is 0 Å². The third-order valence-electron chi connectivity index (χ3n) is 5.55. The Labute approximate surface area is 173 Å². The minimum absolute atomic E-state index is 0.374. The standard InChI is InChI=1S/C25H19NO4/c27-23-19-12-11-18(30-15-16-6-2-1-3-7-16)14-17(19)10-13-22(23)26-24(28)20-8-4-5-9-21(20)25(26)29/h1-14,22-23,27H,15H2/t22-,23?/m0/s1. The smallest absolute Gasteiger partial charge is 0.262 e. The molecule has 1 heterocycles. The summed E-state index contributed by atoms with van der Waals surface area (Å²) in [7, 11) is 0. The minimum Gasteiger partial charge on any atom is -0.489 e. The van der Waals surface area contributed by atoms with Crippen LogP contribution in [-0.2, 0) is 6.61 Å². The molecule has 1 unspecified atom stereocenters. The molecule has 1 aliphatic heterocycles. The van der Waals surface area contributed by atoms with E-state index >= 15 is 0 Å². The molecule has 0 fully saturated rings. The fraction of sp³-hybridized carbons (Fsp3) is 0.120. The first-order chi connectivity index (χ1) is 14.6. The molecule has 5 nitrogen and oxygen atoms in total. The number of aliphatic hydroxyl groups is 1. The van der Waals surface area contributed by atoms with Crippen LogP contribution in [0, 0.1) is 0 Å². The summed E-state index contributed by atoms with van der Waals surface area (Å²) in [6.07, 6.45) is 2.52. The van der Waals surface area contributed by atoms with Crippen LogP contribution in [-0.4, -0.2) is 27.9 Å². The SMILES string of the molecule is O=C1c2ccccc2C(=O)N1[C@H]1C=Cc2cc(OCc3ccccc3)ccc2C1O. The number of nitrogens with zero attached hydrogens (tertiary/aromatic N) is 1. The Bertz CT molecular complexity index is 1130. The van der Waals surface area contributed by atoms with Crippen molar-refractivity contribution in [2.45, 2.75) is 18.8 Å². The number of carbonyl (C=O) groups is 2. The Balaban J connectivity index is 1.38. The Hall–Kier alpha value is -3.70. The van der Waals surface area contributed by atoms with E-state index in [2.05, 4.69) is 0 Å². The van der Waals surface area contributed by atoms with Crippen LogP contribution < -0.4 is 4.74 Å². The van der Waals surface area contributed by atoms with Crippen molar-refractivity contribution in [2.24, 2.45) is 0 Å². The van der Waals surface area contributed by atoms with E-state index in [0.717, 1.165) is 16.0 Å². The highest BCUT2D eigenvalue weighted by Gasteiger charge is 2.42. The Morgan fingerprint density at radius 1 is 0.867 bits per heavy atom. The second-order valence-corrected chi connectivity index (χ2v) is 7.39. The van der Waals surface area contributed by atoms with Gasteiger partial charge in [0.25, 0.3) is 11.8 Å². The van der Waals surface area contributed by atoms with Crippen LogP contribution in [0.5, 0.6) is 5.75 Å². The van der Waals surface area contributed by atoms with Crippen molar-refractivity contribution in [3.63, 3.8) is 0 Å². The monoisotopic (exact) mass is 397 g/mol. The zero-order chi connectivity index (χ0) is 20.7. The molecule has 1 N–H and O–H groups in total. The van der Waals surface area contributed by atoms with Crippen molar-refractivity contribution in [3.05, 3.63) is 107 Å². The summed E-state index contributed by atoms with van der Waals surface area (Å²) in [5.41, 5.74) is 3.28. The van der Waals surface area contributed by atoms with Gasteiger partial charge in [-0.1, -0.05) is 60.7 Å². The van der Waals surface area contributed by atoms with E-state index in [4.69, 9.17) is 4.74 Å². The molecule has 1 aliphatic carbocycles. The lowest BCUT2D eigenvalue weighted by atomic mass is 9.90. The average Bonchev–Trinajstić information content (AvgIpc) is 3.04. The molecule has 148 valence electrons. The molecule has 0 bridgehead atoms. The summed E-state index contributed by atoms with van der Waals surface area (Å²) in [6.45, 7) is 0.448. The van der Waals surface area contributed by atoms with Crippen LogP contribution in [0.4, 0.5) is 0 Å². The van der Waals surface area contributed by atoms with Gasteiger partial charge in [-0.2, -0.15) is 0 Å². The molecular formula is C25H19NO4. The van der Waals surface area contributed by atoms with E-state index in [0.29, 0.717) is 29.0 Å². The molecule has 3 aromatic rings. The van der Waals surface area contributed by atoms with Crippen LogP contribution in [0.25, 0.3) is 6.08 Å². The van der Waals surface area contributed by atoms with Gasteiger partial charge in [-0.3, -0.25) is 14.5 Å². The predicted octanol–water partition coefficient (Wildman–Crippen LogP) is 3.99. The van der Waals surface area contributed by atoms with Gasteiger partial charge in [0.15, 0.2) is 0 Å². The Kier molecular flexibility index (Phi) is 4.45. The number of amides is 2. The lowest BCUT2D eigenvalue weighted by molar-refractivity contribution is 0.0426. The van der Waals surface area contributed by atoms with Gasteiger partial charge in [0.05, 0.1) is 17.2 Å². The number of fused-ring (bicyclic) bond motifs is 2. The Morgan fingerprint density at radius 3 is 2.23 bits per heavy atom. The zero-order valence-electron chi connectivity index (χ0n) is 16.1. The summed E-state index contributed by atoms with van der Waals surface area (Å²) in [5.74, 6) is -0.0697. The average molecular weight is 397 g/mol. The second-order valence-electron chi connectivity index (χ2n) is 7.39. The van der Waals surface area contributed by atoms with E-state index in [1.165, 1.54) is 0 Å². The van der Waals surface area contributed by atoms with Crippen LogP contribution in [0.2, 0.25) is 0 Å². The van der Waals surface area contributed by atoms with E-state index in [1.807, 2.05) is 42.5 Å². The lowest BCUT2D eigenvalue weighted by Crippen LogP contribution is -2.43.